The molecular formula is C18H22O2. The average molecular weight is 270 g/mol. The molecule has 0 spiro atoms. The molecule has 2 aromatic rings. The lowest BCUT2D eigenvalue weighted by Crippen LogP contribution is -2.29. The fourth-order valence-electron chi connectivity index (χ4n) is 3.37. The van der Waals surface area contributed by atoms with E-state index in [-0.39, 0.29) is 18.1 Å². The van der Waals surface area contributed by atoms with Crippen LogP contribution in [0.4, 0.5) is 0 Å². The zero-order valence-corrected chi connectivity index (χ0v) is 12.0. The highest BCUT2D eigenvalue weighted by atomic mass is 16.5. The Morgan fingerprint density at radius 3 is 2.85 bits per heavy atom. The predicted molar refractivity (Wildman–Crippen MR) is 81.8 cm³/mol. The van der Waals surface area contributed by atoms with E-state index in [1.165, 1.54) is 16.3 Å². The van der Waals surface area contributed by atoms with Crippen LogP contribution in [-0.4, -0.2) is 23.9 Å². The fourth-order valence-corrected chi connectivity index (χ4v) is 3.37. The first-order chi connectivity index (χ1) is 9.79. The maximum Gasteiger partial charge on any atom is 0.0634 e. The molecule has 0 aromatic heterocycles. The van der Waals surface area contributed by atoms with Crippen molar-refractivity contribution in [2.45, 2.75) is 38.4 Å². The Morgan fingerprint density at radius 1 is 1.20 bits per heavy atom. The molecule has 0 saturated carbocycles. The van der Waals surface area contributed by atoms with Crippen LogP contribution < -0.4 is 0 Å². The Bertz CT molecular complexity index is 573. The van der Waals surface area contributed by atoms with Crippen molar-refractivity contribution < 1.29 is 9.84 Å². The third-order valence-electron chi connectivity index (χ3n) is 4.47. The first-order valence-corrected chi connectivity index (χ1v) is 7.56. The number of hydrogen-bond acceptors (Lipinski definition) is 2. The van der Waals surface area contributed by atoms with E-state index in [1.54, 1.807) is 0 Å². The Morgan fingerprint density at radius 2 is 2.00 bits per heavy atom. The lowest BCUT2D eigenvalue weighted by atomic mass is 9.88. The van der Waals surface area contributed by atoms with Crippen molar-refractivity contribution in [1.29, 1.82) is 0 Å². The molecule has 3 atom stereocenters. The second-order valence-electron chi connectivity index (χ2n) is 5.68. The minimum atomic E-state index is -0.312. The molecule has 3 rings (SSSR count). The van der Waals surface area contributed by atoms with Gasteiger partial charge in [-0.15, -0.1) is 0 Å². The van der Waals surface area contributed by atoms with Crippen LogP contribution in [0.1, 0.15) is 25.3 Å². The SMILES string of the molecule is CCC1OCCC1C(O)Cc1cccc2ccccc12. The van der Waals surface area contributed by atoms with Gasteiger partial charge < -0.3 is 9.84 Å². The standard InChI is InChI=1S/C18H22O2/c1-2-18-16(10-11-20-18)17(19)12-14-8-5-7-13-6-3-4-9-15(13)14/h3-9,16-19H,2,10-12H2,1H3. The third kappa shape index (κ3) is 2.58. The highest BCUT2D eigenvalue weighted by molar-refractivity contribution is 5.85. The fraction of sp³-hybridized carbons (Fsp3) is 0.444. The topological polar surface area (TPSA) is 29.5 Å². The van der Waals surface area contributed by atoms with Crippen LogP contribution in [0.15, 0.2) is 42.5 Å². The summed E-state index contributed by atoms with van der Waals surface area (Å²) < 4.78 is 5.70. The molecule has 1 saturated heterocycles. The average Bonchev–Trinajstić information content (AvgIpc) is 2.96. The van der Waals surface area contributed by atoms with Gasteiger partial charge in [0.1, 0.15) is 0 Å². The summed E-state index contributed by atoms with van der Waals surface area (Å²) in [7, 11) is 0. The number of rotatable bonds is 4. The van der Waals surface area contributed by atoms with Gasteiger partial charge in [0.05, 0.1) is 12.2 Å². The largest absolute Gasteiger partial charge is 0.392 e. The van der Waals surface area contributed by atoms with Crippen LogP contribution in [0.3, 0.4) is 0 Å². The highest BCUT2D eigenvalue weighted by Crippen LogP contribution is 2.29. The Labute approximate surface area is 120 Å². The van der Waals surface area contributed by atoms with Crippen molar-refractivity contribution in [3.05, 3.63) is 48.0 Å². The van der Waals surface area contributed by atoms with Crippen molar-refractivity contribution in [3.63, 3.8) is 0 Å². The zero-order chi connectivity index (χ0) is 13.9. The van der Waals surface area contributed by atoms with E-state index in [0.29, 0.717) is 6.42 Å². The van der Waals surface area contributed by atoms with E-state index in [1.807, 2.05) is 0 Å². The van der Waals surface area contributed by atoms with Crippen LogP contribution in [0.5, 0.6) is 0 Å². The lowest BCUT2D eigenvalue weighted by molar-refractivity contribution is 0.0319. The molecule has 1 N–H and O–H groups in total. The molecule has 0 bridgehead atoms. The number of aliphatic hydroxyl groups excluding tert-OH is 1. The molecule has 2 heteroatoms. The molecular weight excluding hydrogens is 248 g/mol. The highest BCUT2D eigenvalue weighted by Gasteiger charge is 2.32. The summed E-state index contributed by atoms with van der Waals surface area (Å²) in [5.41, 5.74) is 1.23. The minimum absolute atomic E-state index is 0.222. The third-order valence-corrected chi connectivity index (χ3v) is 4.47. The summed E-state index contributed by atoms with van der Waals surface area (Å²) in [6, 6.07) is 14.7. The van der Waals surface area contributed by atoms with E-state index >= 15 is 0 Å². The molecule has 1 fully saturated rings. The molecule has 1 heterocycles. The first kappa shape index (κ1) is 13.6. The molecule has 106 valence electrons. The summed E-state index contributed by atoms with van der Waals surface area (Å²) >= 11 is 0. The predicted octanol–water partition coefficient (Wildman–Crippen LogP) is 3.56. The summed E-state index contributed by atoms with van der Waals surface area (Å²) in [6.45, 7) is 2.92. The first-order valence-electron chi connectivity index (χ1n) is 7.56. The van der Waals surface area contributed by atoms with Gasteiger partial charge in [-0.05, 0) is 35.6 Å². The van der Waals surface area contributed by atoms with Gasteiger partial charge in [0.2, 0.25) is 0 Å². The summed E-state index contributed by atoms with van der Waals surface area (Å²) in [4.78, 5) is 0. The monoisotopic (exact) mass is 270 g/mol. The Balaban J connectivity index is 1.82. The molecule has 0 radical (unpaired) electrons. The Kier molecular flexibility index (Phi) is 4.04. The van der Waals surface area contributed by atoms with Gasteiger partial charge in [-0.1, -0.05) is 49.4 Å². The van der Waals surface area contributed by atoms with Crippen molar-refractivity contribution in [1.82, 2.24) is 0 Å². The lowest BCUT2D eigenvalue weighted by Gasteiger charge is -2.23. The maximum absolute atomic E-state index is 10.6. The molecule has 1 aliphatic heterocycles. The molecule has 3 unspecified atom stereocenters. The van der Waals surface area contributed by atoms with Gasteiger partial charge in [0.15, 0.2) is 0 Å². The molecule has 1 aliphatic rings. The number of hydrogen-bond donors (Lipinski definition) is 1. The van der Waals surface area contributed by atoms with E-state index in [2.05, 4.69) is 49.4 Å². The van der Waals surface area contributed by atoms with Crippen molar-refractivity contribution >= 4 is 10.8 Å². The number of fused-ring (bicyclic) bond motifs is 1. The summed E-state index contributed by atoms with van der Waals surface area (Å²) in [5.74, 6) is 0.277. The van der Waals surface area contributed by atoms with Crippen LogP contribution >= 0.6 is 0 Å². The second-order valence-corrected chi connectivity index (χ2v) is 5.68. The van der Waals surface area contributed by atoms with Gasteiger partial charge in [0.25, 0.3) is 0 Å². The number of ether oxygens (including phenoxy) is 1. The number of benzene rings is 2. The van der Waals surface area contributed by atoms with Gasteiger partial charge in [-0.3, -0.25) is 0 Å². The van der Waals surface area contributed by atoms with E-state index in [9.17, 15) is 5.11 Å². The van der Waals surface area contributed by atoms with Crippen LogP contribution in [-0.2, 0) is 11.2 Å². The van der Waals surface area contributed by atoms with Crippen LogP contribution in [0.2, 0.25) is 0 Å². The maximum atomic E-state index is 10.6. The van der Waals surface area contributed by atoms with Crippen LogP contribution in [0, 0.1) is 5.92 Å². The minimum Gasteiger partial charge on any atom is -0.392 e. The van der Waals surface area contributed by atoms with E-state index < -0.39 is 0 Å². The van der Waals surface area contributed by atoms with Crippen LogP contribution in [0.25, 0.3) is 10.8 Å². The Hall–Kier alpha value is -1.38. The zero-order valence-electron chi connectivity index (χ0n) is 12.0. The van der Waals surface area contributed by atoms with E-state index in [0.717, 1.165) is 19.4 Å². The quantitative estimate of drug-likeness (QED) is 0.920. The molecule has 0 aliphatic carbocycles. The van der Waals surface area contributed by atoms with Crippen molar-refractivity contribution in [2.24, 2.45) is 5.92 Å². The second kappa shape index (κ2) is 5.94. The van der Waals surface area contributed by atoms with Gasteiger partial charge in [0, 0.05) is 12.5 Å². The van der Waals surface area contributed by atoms with Crippen molar-refractivity contribution in [2.75, 3.05) is 6.61 Å². The van der Waals surface area contributed by atoms with E-state index in [4.69, 9.17) is 4.74 Å². The summed E-state index contributed by atoms with van der Waals surface area (Å²) in [6.07, 6.45) is 2.58. The molecule has 2 nitrogen and oxygen atoms in total. The summed E-state index contributed by atoms with van der Waals surface area (Å²) in [5, 5.41) is 13.1. The normalized spacial score (nSPS) is 24.1. The van der Waals surface area contributed by atoms with Crippen molar-refractivity contribution in [3.8, 4) is 0 Å². The van der Waals surface area contributed by atoms with Gasteiger partial charge >= 0.3 is 0 Å². The molecule has 20 heavy (non-hydrogen) atoms. The molecule has 0 amide bonds. The molecule has 2 aromatic carbocycles. The number of aliphatic hydroxyl groups is 1. The van der Waals surface area contributed by atoms with Gasteiger partial charge in [-0.25, -0.2) is 0 Å². The smallest absolute Gasteiger partial charge is 0.0634 e. The van der Waals surface area contributed by atoms with Gasteiger partial charge in [-0.2, -0.15) is 0 Å².